The van der Waals surface area contributed by atoms with E-state index in [1.165, 1.54) is 0 Å². The summed E-state index contributed by atoms with van der Waals surface area (Å²) >= 11 is 12.3. The maximum Gasteiger partial charge on any atom is 0.299 e. The summed E-state index contributed by atoms with van der Waals surface area (Å²) in [4.78, 5) is 14.9. The number of imidazole rings is 1. The number of hydrogen-bond donors (Lipinski definition) is 1. The van der Waals surface area contributed by atoms with Crippen LogP contribution in [0.2, 0.25) is 10.0 Å². The van der Waals surface area contributed by atoms with Gasteiger partial charge in [0.1, 0.15) is 5.65 Å². The van der Waals surface area contributed by atoms with E-state index in [0.717, 1.165) is 5.56 Å². The zero-order chi connectivity index (χ0) is 15.5. The van der Waals surface area contributed by atoms with E-state index in [9.17, 15) is 4.79 Å². The van der Waals surface area contributed by atoms with Crippen molar-refractivity contribution in [3.8, 4) is 5.88 Å². The van der Waals surface area contributed by atoms with Gasteiger partial charge in [-0.25, -0.2) is 4.98 Å². The fraction of sp³-hybridized carbons (Fsp3) is 0.0667. The molecule has 2 aromatic heterocycles. The number of fused-ring (bicyclic) bond motifs is 1. The molecular weight excluding hydrogens is 325 g/mol. The molecule has 5 nitrogen and oxygen atoms in total. The summed E-state index contributed by atoms with van der Waals surface area (Å²) < 4.78 is 6.74. The molecular formula is C15H11Cl2N3O2. The monoisotopic (exact) mass is 335 g/mol. The van der Waals surface area contributed by atoms with Gasteiger partial charge in [0.2, 0.25) is 5.88 Å². The molecule has 7 heteroatoms. The summed E-state index contributed by atoms with van der Waals surface area (Å²) in [6.07, 6.45) is 3.34. The Hall–Kier alpha value is -2.24. The Morgan fingerprint density at radius 3 is 2.73 bits per heavy atom. The Labute approximate surface area is 136 Å². The molecule has 0 saturated heterocycles. The number of carbonyl (C=O) groups is 1. The molecule has 0 bridgehead atoms. The van der Waals surface area contributed by atoms with Crippen molar-refractivity contribution in [2.24, 2.45) is 0 Å². The average Bonchev–Trinajstić information content (AvgIpc) is 2.97. The molecule has 0 atom stereocenters. The molecule has 3 rings (SSSR count). The first kappa shape index (κ1) is 14.7. The van der Waals surface area contributed by atoms with Crippen LogP contribution in [0, 0.1) is 0 Å². The summed E-state index contributed by atoms with van der Waals surface area (Å²) in [5.41, 5.74) is 2.08. The molecule has 0 radical (unpaired) electrons. The van der Waals surface area contributed by atoms with Gasteiger partial charge >= 0.3 is 0 Å². The molecule has 0 spiro atoms. The van der Waals surface area contributed by atoms with Gasteiger partial charge in [-0.05, 0) is 24.3 Å². The van der Waals surface area contributed by atoms with Crippen LogP contribution >= 0.6 is 23.2 Å². The van der Waals surface area contributed by atoms with E-state index in [0.29, 0.717) is 40.3 Å². The van der Waals surface area contributed by atoms with E-state index in [2.05, 4.69) is 10.3 Å². The van der Waals surface area contributed by atoms with Crippen molar-refractivity contribution < 1.29 is 9.53 Å². The predicted molar refractivity (Wildman–Crippen MR) is 85.7 cm³/mol. The number of ether oxygens (including phenoxy) is 1. The highest BCUT2D eigenvalue weighted by atomic mass is 35.5. The van der Waals surface area contributed by atoms with Crippen LogP contribution in [0.3, 0.4) is 0 Å². The third-order valence-electron chi connectivity index (χ3n) is 3.19. The minimum Gasteiger partial charge on any atom is -0.409 e. The number of carbonyl (C=O) groups excluding carboxylic acids is 1. The quantitative estimate of drug-likeness (QED) is 0.721. The second-order valence-corrected chi connectivity index (χ2v) is 5.29. The van der Waals surface area contributed by atoms with E-state index in [1.54, 1.807) is 41.1 Å². The number of nitrogens with zero attached hydrogens (tertiary/aromatic N) is 2. The van der Waals surface area contributed by atoms with Gasteiger partial charge in [-0.3, -0.25) is 9.20 Å². The number of benzene rings is 1. The molecule has 1 aromatic carbocycles. The largest absolute Gasteiger partial charge is 0.409 e. The minimum absolute atomic E-state index is 0.355. The van der Waals surface area contributed by atoms with Crippen LogP contribution in [-0.2, 0) is 11.3 Å². The number of halogens is 2. The van der Waals surface area contributed by atoms with Gasteiger partial charge in [-0.2, -0.15) is 0 Å². The van der Waals surface area contributed by atoms with Crippen LogP contribution in [0.15, 0.2) is 42.7 Å². The lowest BCUT2D eigenvalue weighted by atomic mass is 10.2. The van der Waals surface area contributed by atoms with Gasteiger partial charge in [-0.1, -0.05) is 29.3 Å². The van der Waals surface area contributed by atoms with Gasteiger partial charge in [0.25, 0.3) is 6.47 Å². The molecule has 0 aliphatic rings. The summed E-state index contributed by atoms with van der Waals surface area (Å²) in [5, 5.41) is 4.32. The summed E-state index contributed by atoms with van der Waals surface area (Å²) in [5.74, 6) is 0.355. The molecule has 22 heavy (non-hydrogen) atoms. The van der Waals surface area contributed by atoms with Crippen molar-refractivity contribution in [1.29, 1.82) is 0 Å². The van der Waals surface area contributed by atoms with E-state index >= 15 is 0 Å². The number of anilines is 1. The van der Waals surface area contributed by atoms with Gasteiger partial charge in [0.15, 0.2) is 0 Å². The summed E-state index contributed by atoms with van der Waals surface area (Å²) in [7, 11) is 0. The third kappa shape index (κ3) is 2.73. The zero-order valence-electron chi connectivity index (χ0n) is 11.3. The Kier molecular flexibility index (Phi) is 4.18. The molecule has 0 saturated carbocycles. The van der Waals surface area contributed by atoms with E-state index in [4.69, 9.17) is 27.9 Å². The van der Waals surface area contributed by atoms with E-state index in [1.807, 2.05) is 6.07 Å². The molecule has 1 N–H and O–H groups in total. The number of nitrogens with one attached hydrogen (secondary N) is 1. The smallest absolute Gasteiger partial charge is 0.299 e. The van der Waals surface area contributed by atoms with E-state index < -0.39 is 0 Å². The lowest BCUT2D eigenvalue weighted by Gasteiger charge is -2.13. The standard InChI is InChI=1S/C15H11Cl2N3O2/c16-11-2-1-3-12(17)10(11)8-19-13-4-5-14-18-6-7-20(14)15(13)22-9-21/h1-7,9,19H,8H2. The Morgan fingerprint density at radius 1 is 1.23 bits per heavy atom. The second-order valence-electron chi connectivity index (χ2n) is 4.48. The Balaban J connectivity index is 1.93. The number of aromatic nitrogens is 2. The van der Waals surface area contributed by atoms with E-state index in [-0.39, 0.29) is 0 Å². The topological polar surface area (TPSA) is 55.6 Å². The molecule has 0 fully saturated rings. The maximum atomic E-state index is 10.7. The van der Waals surface area contributed by atoms with Gasteiger partial charge in [-0.15, -0.1) is 0 Å². The molecule has 0 aliphatic heterocycles. The lowest BCUT2D eigenvalue weighted by molar-refractivity contribution is -0.120. The van der Waals surface area contributed by atoms with Crippen LogP contribution < -0.4 is 10.1 Å². The minimum atomic E-state index is 0.355. The third-order valence-corrected chi connectivity index (χ3v) is 3.90. The SMILES string of the molecule is O=COc1c(NCc2c(Cl)cccc2Cl)ccc2nccn12. The molecule has 0 aliphatic carbocycles. The predicted octanol–water partition coefficient (Wildman–Crippen LogP) is 3.79. The van der Waals surface area contributed by atoms with Crippen molar-refractivity contribution in [2.75, 3.05) is 5.32 Å². The summed E-state index contributed by atoms with van der Waals surface area (Å²) in [6.45, 7) is 0.774. The zero-order valence-corrected chi connectivity index (χ0v) is 12.8. The van der Waals surface area contributed by atoms with Gasteiger partial charge < -0.3 is 10.1 Å². The van der Waals surface area contributed by atoms with Crippen molar-refractivity contribution >= 4 is 41.0 Å². The number of rotatable bonds is 5. The highest BCUT2D eigenvalue weighted by molar-refractivity contribution is 6.36. The van der Waals surface area contributed by atoms with Gasteiger partial charge in [0, 0.05) is 34.5 Å². The van der Waals surface area contributed by atoms with Crippen molar-refractivity contribution in [3.63, 3.8) is 0 Å². The number of hydrogen-bond acceptors (Lipinski definition) is 4. The second kappa shape index (κ2) is 6.25. The fourth-order valence-corrected chi connectivity index (χ4v) is 2.69. The number of pyridine rings is 1. The maximum absolute atomic E-state index is 10.7. The van der Waals surface area contributed by atoms with Crippen LogP contribution in [0.1, 0.15) is 5.56 Å². The van der Waals surface area contributed by atoms with Crippen LogP contribution in [0.5, 0.6) is 5.88 Å². The lowest BCUT2D eigenvalue weighted by Crippen LogP contribution is -2.06. The average molecular weight is 336 g/mol. The van der Waals surface area contributed by atoms with Crippen molar-refractivity contribution in [3.05, 3.63) is 58.3 Å². The molecule has 0 unspecified atom stereocenters. The van der Waals surface area contributed by atoms with Crippen LogP contribution in [-0.4, -0.2) is 15.9 Å². The highest BCUT2D eigenvalue weighted by Gasteiger charge is 2.11. The highest BCUT2D eigenvalue weighted by Crippen LogP contribution is 2.29. The molecule has 0 amide bonds. The first-order valence-electron chi connectivity index (χ1n) is 6.44. The Bertz CT molecular complexity index is 813. The first-order valence-corrected chi connectivity index (χ1v) is 7.19. The molecule has 112 valence electrons. The van der Waals surface area contributed by atoms with Crippen LogP contribution in [0.4, 0.5) is 5.69 Å². The molecule has 3 aromatic rings. The Morgan fingerprint density at radius 2 is 2.00 bits per heavy atom. The normalized spacial score (nSPS) is 10.6. The summed E-state index contributed by atoms with van der Waals surface area (Å²) in [6, 6.07) is 8.92. The van der Waals surface area contributed by atoms with Crippen molar-refractivity contribution in [1.82, 2.24) is 9.38 Å². The fourth-order valence-electron chi connectivity index (χ4n) is 2.15. The van der Waals surface area contributed by atoms with Crippen molar-refractivity contribution in [2.45, 2.75) is 6.54 Å². The molecule has 2 heterocycles. The first-order chi connectivity index (χ1) is 10.7. The van der Waals surface area contributed by atoms with Gasteiger partial charge in [0.05, 0.1) is 5.69 Å². The van der Waals surface area contributed by atoms with Crippen LogP contribution in [0.25, 0.3) is 5.65 Å².